The van der Waals surface area contributed by atoms with Gasteiger partial charge in [-0.15, -0.1) is 10.2 Å². The number of aromatic nitrogens is 8. The number of fused-ring (bicyclic) bond motifs is 3. The van der Waals surface area contributed by atoms with Crippen molar-refractivity contribution in [2.75, 3.05) is 5.32 Å². The lowest BCUT2D eigenvalue weighted by Gasteiger charge is -2.05. The number of benzene rings is 1. The molecule has 4 aromatic rings. The van der Waals surface area contributed by atoms with E-state index < -0.39 is 11.7 Å². The van der Waals surface area contributed by atoms with Crippen molar-refractivity contribution in [2.24, 2.45) is 0 Å². The van der Waals surface area contributed by atoms with Gasteiger partial charge in [-0.05, 0) is 39.9 Å². The van der Waals surface area contributed by atoms with Crippen LogP contribution in [0.15, 0.2) is 24.3 Å². The maximum absolute atomic E-state index is 13.4. The minimum atomic E-state index is -0.535. The van der Waals surface area contributed by atoms with Crippen LogP contribution in [-0.4, -0.2) is 46.6 Å². The van der Waals surface area contributed by atoms with Crippen LogP contribution in [0.4, 0.5) is 10.3 Å². The van der Waals surface area contributed by atoms with E-state index in [-0.39, 0.29) is 17.2 Å². The number of aromatic amines is 1. The number of nitrogens with one attached hydrogen (secondary N) is 2. The highest BCUT2D eigenvalue weighted by molar-refractivity contribution is 6.09. The number of hydrogen-bond acceptors (Lipinski definition) is 7. The molecule has 10 nitrogen and oxygen atoms in total. The molecule has 1 aromatic carbocycles. The summed E-state index contributed by atoms with van der Waals surface area (Å²) in [6.45, 7) is 0. The minimum absolute atomic E-state index is 0.00923. The molecule has 1 amide bonds. The summed E-state index contributed by atoms with van der Waals surface area (Å²) in [4.78, 5) is 12.3. The number of halogens is 1. The molecule has 0 bridgehead atoms. The van der Waals surface area contributed by atoms with E-state index in [0.29, 0.717) is 10.9 Å². The molecular weight excluding hydrogens is 293 g/mol. The first-order chi connectivity index (χ1) is 10.7. The normalized spacial score (nSPS) is 11.1. The van der Waals surface area contributed by atoms with E-state index in [1.54, 1.807) is 0 Å². The van der Waals surface area contributed by atoms with Gasteiger partial charge in [0.2, 0.25) is 0 Å². The first kappa shape index (κ1) is 12.3. The molecule has 11 heteroatoms. The first-order valence-electron chi connectivity index (χ1n) is 6.07. The van der Waals surface area contributed by atoms with E-state index in [2.05, 4.69) is 41.5 Å². The standard InChI is InChI=1S/C11H6FN9O/c12-6-1-2-8-5(3-6)4-7(9-14-19-20-21(8)9)10(22)13-11-15-17-18-16-11/h1-4H,(H2,13,15,16,17,18,22). The Bertz CT molecular complexity index is 994. The minimum Gasteiger partial charge on any atom is -0.288 e. The van der Waals surface area contributed by atoms with Gasteiger partial charge in [0.05, 0.1) is 11.1 Å². The lowest BCUT2D eigenvalue weighted by molar-refractivity contribution is 0.102. The predicted octanol–water partition coefficient (Wildman–Crippen LogP) is 0.182. The van der Waals surface area contributed by atoms with Gasteiger partial charge in [-0.25, -0.2) is 4.39 Å². The van der Waals surface area contributed by atoms with Gasteiger partial charge < -0.3 is 0 Å². The summed E-state index contributed by atoms with van der Waals surface area (Å²) in [6, 6.07) is 5.62. The fourth-order valence-corrected chi connectivity index (χ4v) is 2.12. The number of anilines is 1. The van der Waals surface area contributed by atoms with E-state index in [1.165, 1.54) is 28.8 Å². The van der Waals surface area contributed by atoms with Crippen molar-refractivity contribution >= 4 is 28.4 Å². The van der Waals surface area contributed by atoms with Crippen molar-refractivity contribution in [1.82, 2.24) is 40.7 Å². The number of amides is 1. The Morgan fingerprint density at radius 2 is 2.18 bits per heavy atom. The fraction of sp³-hybridized carbons (Fsp3) is 0. The monoisotopic (exact) mass is 299 g/mol. The molecular formula is C11H6FN9O. The van der Waals surface area contributed by atoms with E-state index in [1.807, 2.05) is 0 Å². The molecule has 0 saturated heterocycles. The van der Waals surface area contributed by atoms with Crippen molar-refractivity contribution in [2.45, 2.75) is 0 Å². The van der Waals surface area contributed by atoms with Crippen LogP contribution in [0.2, 0.25) is 0 Å². The van der Waals surface area contributed by atoms with Crippen molar-refractivity contribution in [3.63, 3.8) is 0 Å². The highest BCUT2D eigenvalue weighted by Crippen LogP contribution is 2.20. The van der Waals surface area contributed by atoms with Gasteiger partial charge in [-0.1, -0.05) is 5.10 Å². The average Bonchev–Trinajstić information content (AvgIpc) is 3.16. The van der Waals surface area contributed by atoms with Crippen LogP contribution in [0.1, 0.15) is 10.4 Å². The number of tetrazole rings is 2. The zero-order valence-electron chi connectivity index (χ0n) is 10.7. The Kier molecular flexibility index (Phi) is 2.51. The van der Waals surface area contributed by atoms with Crippen LogP contribution in [-0.2, 0) is 0 Å². The first-order valence-corrected chi connectivity index (χ1v) is 6.07. The third-order valence-corrected chi connectivity index (χ3v) is 3.04. The number of H-pyrrole nitrogens is 1. The van der Waals surface area contributed by atoms with Crippen LogP contribution in [0, 0.1) is 5.82 Å². The van der Waals surface area contributed by atoms with Gasteiger partial charge in [0.25, 0.3) is 11.9 Å². The summed E-state index contributed by atoms with van der Waals surface area (Å²) >= 11 is 0. The van der Waals surface area contributed by atoms with E-state index in [4.69, 9.17) is 0 Å². The summed E-state index contributed by atoms with van der Waals surface area (Å²) in [5, 5.41) is 26.9. The van der Waals surface area contributed by atoms with Gasteiger partial charge in [-0.2, -0.15) is 9.73 Å². The molecule has 4 rings (SSSR count). The third-order valence-electron chi connectivity index (χ3n) is 3.04. The number of rotatable bonds is 2. The predicted molar refractivity (Wildman–Crippen MR) is 70.4 cm³/mol. The second-order valence-electron chi connectivity index (χ2n) is 4.36. The maximum Gasteiger partial charge on any atom is 0.270 e. The molecule has 0 spiro atoms. The topological polar surface area (TPSA) is 127 Å². The number of nitrogens with zero attached hydrogens (tertiary/aromatic N) is 7. The number of pyridine rings is 1. The molecule has 22 heavy (non-hydrogen) atoms. The summed E-state index contributed by atoms with van der Waals surface area (Å²) in [5.41, 5.74) is 0.977. The molecule has 0 aliphatic carbocycles. The highest BCUT2D eigenvalue weighted by atomic mass is 19.1. The second kappa shape index (κ2) is 4.51. The van der Waals surface area contributed by atoms with Crippen LogP contribution < -0.4 is 5.32 Å². The van der Waals surface area contributed by atoms with Gasteiger partial charge >= 0.3 is 0 Å². The van der Waals surface area contributed by atoms with Crippen LogP contribution in [0.3, 0.4) is 0 Å². The lowest BCUT2D eigenvalue weighted by atomic mass is 10.1. The highest BCUT2D eigenvalue weighted by Gasteiger charge is 2.17. The summed E-state index contributed by atoms with van der Waals surface area (Å²) in [6.07, 6.45) is 0. The largest absolute Gasteiger partial charge is 0.288 e. The van der Waals surface area contributed by atoms with Crippen molar-refractivity contribution in [1.29, 1.82) is 0 Å². The number of carbonyl (C=O) groups is 1. The molecule has 0 radical (unpaired) electrons. The second-order valence-corrected chi connectivity index (χ2v) is 4.36. The van der Waals surface area contributed by atoms with E-state index in [9.17, 15) is 9.18 Å². The van der Waals surface area contributed by atoms with Crippen molar-refractivity contribution in [3.05, 3.63) is 35.6 Å². The summed E-state index contributed by atoms with van der Waals surface area (Å²) in [5.74, 6) is -0.952. The molecule has 0 unspecified atom stereocenters. The van der Waals surface area contributed by atoms with Crippen LogP contribution >= 0.6 is 0 Å². The average molecular weight is 299 g/mol. The number of carbonyl (C=O) groups excluding carboxylic acids is 1. The molecule has 0 saturated carbocycles. The Morgan fingerprint density at radius 3 is 3.00 bits per heavy atom. The maximum atomic E-state index is 13.4. The summed E-state index contributed by atoms with van der Waals surface area (Å²) < 4.78 is 14.8. The van der Waals surface area contributed by atoms with Gasteiger partial charge in [0, 0.05) is 5.39 Å². The molecule has 0 aliphatic rings. The third kappa shape index (κ3) is 1.83. The van der Waals surface area contributed by atoms with E-state index >= 15 is 0 Å². The zero-order chi connectivity index (χ0) is 15.1. The Morgan fingerprint density at radius 1 is 1.27 bits per heavy atom. The smallest absolute Gasteiger partial charge is 0.270 e. The van der Waals surface area contributed by atoms with Crippen molar-refractivity contribution in [3.8, 4) is 0 Å². The Balaban J connectivity index is 1.91. The SMILES string of the molecule is O=C(Nc1nn[nH]n1)c1cc2cc(F)ccc2n2nnnc12. The number of hydrogen-bond donors (Lipinski definition) is 2. The summed E-state index contributed by atoms with van der Waals surface area (Å²) in [7, 11) is 0. The lowest BCUT2D eigenvalue weighted by Crippen LogP contribution is -2.15. The molecule has 0 atom stereocenters. The van der Waals surface area contributed by atoms with Crippen molar-refractivity contribution < 1.29 is 9.18 Å². The van der Waals surface area contributed by atoms with Gasteiger partial charge in [0.15, 0.2) is 5.65 Å². The van der Waals surface area contributed by atoms with E-state index in [0.717, 1.165) is 0 Å². The van der Waals surface area contributed by atoms with Gasteiger partial charge in [0.1, 0.15) is 5.82 Å². The quantitative estimate of drug-likeness (QED) is 0.540. The molecule has 3 aromatic heterocycles. The fourth-order valence-electron chi connectivity index (χ4n) is 2.12. The van der Waals surface area contributed by atoms with Crippen LogP contribution in [0.25, 0.3) is 16.6 Å². The van der Waals surface area contributed by atoms with Gasteiger partial charge in [-0.3, -0.25) is 10.1 Å². The Labute approximate surface area is 120 Å². The zero-order valence-corrected chi connectivity index (χ0v) is 10.7. The molecule has 2 N–H and O–H groups in total. The van der Waals surface area contributed by atoms with Crippen LogP contribution in [0.5, 0.6) is 0 Å². The molecule has 108 valence electrons. The molecule has 0 aliphatic heterocycles. The molecule has 0 fully saturated rings. The Hall–Kier alpha value is -3.50. The molecule has 3 heterocycles.